The highest BCUT2D eigenvalue weighted by atomic mass is 16.6. The van der Waals surface area contributed by atoms with Crippen molar-refractivity contribution in [3.8, 4) is 5.75 Å². The highest BCUT2D eigenvalue weighted by molar-refractivity contribution is 5.77. The van der Waals surface area contributed by atoms with Crippen molar-refractivity contribution < 1.29 is 14.5 Å². The maximum absolute atomic E-state index is 10.7. The first-order valence-electron chi connectivity index (χ1n) is 4.55. The van der Waals surface area contributed by atoms with Gasteiger partial charge in [-0.15, -0.1) is 0 Å². The Balaban J connectivity index is 3.03. The minimum absolute atomic E-state index is 0.138. The van der Waals surface area contributed by atoms with Gasteiger partial charge in [0.25, 0.3) is 0 Å². The molecule has 5 nitrogen and oxygen atoms in total. The van der Waals surface area contributed by atoms with E-state index in [1.807, 2.05) is 0 Å². The number of hydrogen-bond donors (Lipinski definition) is 0. The predicted molar refractivity (Wildman–Crippen MR) is 58.8 cm³/mol. The van der Waals surface area contributed by atoms with Crippen molar-refractivity contribution in [1.29, 1.82) is 0 Å². The van der Waals surface area contributed by atoms with E-state index < -0.39 is 4.92 Å². The fraction of sp³-hybridized carbons (Fsp3) is 0.182. The number of carbonyl (C=O) groups is 1. The molecule has 1 aromatic carbocycles. The maximum atomic E-state index is 10.7. The molecule has 0 atom stereocenters. The smallest absolute Gasteiger partial charge is 0.311 e. The molecule has 0 aliphatic rings. The van der Waals surface area contributed by atoms with Gasteiger partial charge in [-0.3, -0.25) is 14.9 Å². The molecule has 0 aliphatic carbocycles. The fourth-order valence-electron chi connectivity index (χ4n) is 1.07. The van der Waals surface area contributed by atoms with Gasteiger partial charge in [-0.1, -0.05) is 6.58 Å². The van der Waals surface area contributed by atoms with Gasteiger partial charge in [0.1, 0.15) is 12.9 Å². The highest BCUT2D eigenvalue weighted by Crippen LogP contribution is 2.27. The van der Waals surface area contributed by atoms with E-state index in [2.05, 4.69) is 6.58 Å². The Morgan fingerprint density at radius 1 is 1.62 bits per heavy atom. The largest absolute Gasteiger partial charge is 0.482 e. The molecule has 0 bridgehead atoms. The van der Waals surface area contributed by atoms with Crippen LogP contribution in [0.3, 0.4) is 0 Å². The van der Waals surface area contributed by atoms with Crippen LogP contribution in [0.5, 0.6) is 5.75 Å². The molecule has 16 heavy (non-hydrogen) atoms. The summed E-state index contributed by atoms with van der Waals surface area (Å²) in [7, 11) is 0. The fourth-order valence-corrected chi connectivity index (χ4v) is 1.07. The molecule has 0 radical (unpaired) electrons. The summed E-state index contributed by atoms with van der Waals surface area (Å²) in [5.41, 5.74) is 0.786. The van der Waals surface area contributed by atoms with Gasteiger partial charge in [0.2, 0.25) is 0 Å². The van der Waals surface area contributed by atoms with Crippen LogP contribution in [0.25, 0.3) is 0 Å². The van der Waals surface area contributed by atoms with Gasteiger partial charge >= 0.3 is 5.69 Å². The number of nitro benzene ring substituents is 1. The molecule has 0 heterocycles. The summed E-state index contributed by atoms with van der Waals surface area (Å²) in [6.07, 6.45) is 0.551. The van der Waals surface area contributed by atoms with Gasteiger partial charge in [-0.25, -0.2) is 0 Å². The number of nitro groups is 1. The Morgan fingerprint density at radius 2 is 2.31 bits per heavy atom. The van der Waals surface area contributed by atoms with E-state index in [1.165, 1.54) is 18.2 Å². The average Bonchev–Trinajstić information content (AvgIpc) is 2.25. The van der Waals surface area contributed by atoms with Crippen LogP contribution >= 0.6 is 0 Å². The normalized spacial score (nSPS) is 9.56. The first kappa shape index (κ1) is 11.9. The molecule has 0 aromatic heterocycles. The molecule has 84 valence electrons. The highest BCUT2D eigenvalue weighted by Gasteiger charge is 2.15. The quantitative estimate of drug-likeness (QED) is 0.331. The van der Waals surface area contributed by atoms with E-state index in [4.69, 9.17) is 4.74 Å². The van der Waals surface area contributed by atoms with Crippen LogP contribution in [0.15, 0.2) is 30.4 Å². The van der Waals surface area contributed by atoms with Gasteiger partial charge in [-0.05, 0) is 24.6 Å². The van der Waals surface area contributed by atoms with Crippen LogP contribution in [0.2, 0.25) is 0 Å². The summed E-state index contributed by atoms with van der Waals surface area (Å²) < 4.78 is 5.20. The van der Waals surface area contributed by atoms with E-state index in [1.54, 1.807) is 6.92 Å². The average molecular weight is 221 g/mol. The molecular weight excluding hydrogens is 210 g/mol. The number of rotatable bonds is 5. The number of ether oxygens (including phenoxy) is 1. The number of carbonyl (C=O) groups excluding carboxylic acids is 1. The Hall–Kier alpha value is -2.17. The third kappa shape index (κ3) is 2.91. The van der Waals surface area contributed by atoms with Crippen molar-refractivity contribution in [2.75, 3.05) is 6.61 Å². The third-order valence-electron chi connectivity index (χ3n) is 1.79. The minimum Gasteiger partial charge on any atom is -0.482 e. The van der Waals surface area contributed by atoms with Crippen LogP contribution in [-0.4, -0.2) is 17.8 Å². The lowest BCUT2D eigenvalue weighted by atomic mass is 10.2. The monoisotopic (exact) mass is 221 g/mol. The number of nitrogens with zero attached hydrogens (tertiary/aromatic N) is 1. The Kier molecular flexibility index (Phi) is 3.77. The van der Waals surface area contributed by atoms with E-state index in [0.717, 1.165) is 5.57 Å². The lowest BCUT2D eigenvalue weighted by molar-refractivity contribution is -0.385. The molecule has 1 aromatic rings. The van der Waals surface area contributed by atoms with Crippen LogP contribution < -0.4 is 4.74 Å². The third-order valence-corrected chi connectivity index (χ3v) is 1.79. The number of hydrogen-bond acceptors (Lipinski definition) is 4. The first-order chi connectivity index (χ1) is 7.54. The van der Waals surface area contributed by atoms with E-state index in [0.29, 0.717) is 6.29 Å². The Labute approximate surface area is 92.5 Å². The molecule has 0 amide bonds. The lowest BCUT2D eigenvalue weighted by Gasteiger charge is -2.06. The zero-order chi connectivity index (χ0) is 12.1. The molecule has 1 rings (SSSR count). The molecule has 0 unspecified atom stereocenters. The minimum atomic E-state index is -0.583. The Bertz CT molecular complexity index is 440. The van der Waals surface area contributed by atoms with Crippen molar-refractivity contribution in [3.63, 3.8) is 0 Å². The van der Waals surface area contributed by atoms with Crippen molar-refractivity contribution in [3.05, 3.63) is 46.0 Å². The van der Waals surface area contributed by atoms with Crippen molar-refractivity contribution in [2.24, 2.45) is 0 Å². The van der Waals surface area contributed by atoms with Gasteiger partial charge in [0.05, 0.1) is 4.92 Å². The molecule has 0 N–H and O–H groups in total. The number of aldehydes is 1. The second-order valence-electron chi connectivity index (χ2n) is 3.35. The van der Waals surface area contributed by atoms with Crippen LogP contribution in [-0.2, 0) is 0 Å². The SMILES string of the molecule is C=C(C)COc1ccc(C=O)cc1[N+](=O)[O-]. The van der Waals surface area contributed by atoms with Crippen LogP contribution in [0.4, 0.5) is 5.69 Å². The summed E-state index contributed by atoms with van der Waals surface area (Å²) in [5.74, 6) is 0.138. The summed E-state index contributed by atoms with van der Waals surface area (Å²) in [6.45, 7) is 5.59. The molecular formula is C11H11NO4. The molecule has 5 heteroatoms. The van der Waals surface area contributed by atoms with Gasteiger partial charge in [-0.2, -0.15) is 0 Å². The van der Waals surface area contributed by atoms with Crippen LogP contribution in [0.1, 0.15) is 17.3 Å². The van der Waals surface area contributed by atoms with Gasteiger partial charge in [0.15, 0.2) is 5.75 Å². The second kappa shape index (κ2) is 5.06. The lowest BCUT2D eigenvalue weighted by Crippen LogP contribution is -2.01. The summed E-state index contributed by atoms with van der Waals surface area (Å²) in [4.78, 5) is 20.6. The second-order valence-corrected chi connectivity index (χ2v) is 3.35. The van der Waals surface area contributed by atoms with Crippen LogP contribution in [0, 0.1) is 10.1 Å². The van der Waals surface area contributed by atoms with Crippen molar-refractivity contribution in [2.45, 2.75) is 6.92 Å². The molecule has 0 saturated heterocycles. The molecule has 0 saturated carbocycles. The van der Waals surface area contributed by atoms with E-state index in [-0.39, 0.29) is 23.6 Å². The predicted octanol–water partition coefficient (Wildman–Crippen LogP) is 2.36. The summed E-state index contributed by atoms with van der Waals surface area (Å²) in [5, 5.41) is 10.7. The first-order valence-corrected chi connectivity index (χ1v) is 4.55. The van der Waals surface area contributed by atoms with Gasteiger partial charge < -0.3 is 4.74 Å². The van der Waals surface area contributed by atoms with E-state index in [9.17, 15) is 14.9 Å². The standard InChI is InChI=1S/C11H11NO4/c1-8(2)7-16-11-4-3-9(6-13)5-10(11)12(14)15/h3-6H,1,7H2,2H3. The zero-order valence-corrected chi connectivity index (χ0v) is 8.80. The van der Waals surface area contributed by atoms with Gasteiger partial charge in [0, 0.05) is 11.6 Å². The van der Waals surface area contributed by atoms with Crippen molar-refractivity contribution in [1.82, 2.24) is 0 Å². The summed E-state index contributed by atoms with van der Waals surface area (Å²) >= 11 is 0. The van der Waals surface area contributed by atoms with Crippen molar-refractivity contribution >= 4 is 12.0 Å². The molecule has 0 aliphatic heterocycles. The Morgan fingerprint density at radius 3 is 2.81 bits per heavy atom. The van der Waals surface area contributed by atoms with E-state index >= 15 is 0 Å². The molecule has 0 fully saturated rings. The zero-order valence-electron chi connectivity index (χ0n) is 8.80. The topological polar surface area (TPSA) is 69.4 Å². The number of benzene rings is 1. The summed E-state index contributed by atoms with van der Waals surface area (Å²) in [6, 6.07) is 4.05. The molecule has 0 spiro atoms. The maximum Gasteiger partial charge on any atom is 0.311 e.